The molecule has 110 valence electrons. The number of hydrogen-bond acceptors (Lipinski definition) is 6. The lowest BCUT2D eigenvalue weighted by Gasteiger charge is -2.19. The van der Waals surface area contributed by atoms with E-state index in [2.05, 4.69) is 15.5 Å². The van der Waals surface area contributed by atoms with E-state index in [1.54, 1.807) is 19.1 Å². The second kappa shape index (κ2) is 5.61. The minimum absolute atomic E-state index is 0.0617. The highest BCUT2D eigenvalue weighted by molar-refractivity contribution is 5.59. The van der Waals surface area contributed by atoms with E-state index in [1.807, 2.05) is 0 Å². The number of hydrogen-bond donors (Lipinski definition) is 1. The number of nitrogens with zero attached hydrogens (tertiary/aromatic N) is 3. The Bertz CT molecular complexity index is 662. The minimum atomic E-state index is -0.402. The lowest BCUT2D eigenvalue weighted by molar-refractivity contribution is -0.385. The van der Waals surface area contributed by atoms with Crippen LogP contribution < -0.4 is 5.32 Å². The smallest absolute Gasteiger partial charge is 0.273 e. The number of rotatable bonds is 3. The van der Waals surface area contributed by atoms with Crippen LogP contribution in [0.1, 0.15) is 30.1 Å². The van der Waals surface area contributed by atoms with Gasteiger partial charge in [-0.3, -0.25) is 10.1 Å². The van der Waals surface area contributed by atoms with Crippen LogP contribution in [0.3, 0.4) is 0 Å². The number of aryl methyl sites for hydroxylation is 1. The molecule has 1 saturated heterocycles. The summed E-state index contributed by atoms with van der Waals surface area (Å²) in [6.07, 6.45) is 2.12. The summed E-state index contributed by atoms with van der Waals surface area (Å²) < 4.78 is 5.27. The van der Waals surface area contributed by atoms with Crippen LogP contribution in [0.5, 0.6) is 0 Å². The van der Waals surface area contributed by atoms with Gasteiger partial charge in [-0.05, 0) is 32.4 Å². The number of aromatic nitrogens is 2. The molecular formula is C14H16N4O3. The van der Waals surface area contributed by atoms with Crippen molar-refractivity contribution >= 4 is 5.69 Å². The van der Waals surface area contributed by atoms with Crippen LogP contribution in [0, 0.1) is 17.0 Å². The molecular weight excluding hydrogens is 272 g/mol. The third-order valence-corrected chi connectivity index (χ3v) is 3.76. The molecule has 0 aliphatic carbocycles. The molecule has 21 heavy (non-hydrogen) atoms. The summed E-state index contributed by atoms with van der Waals surface area (Å²) in [4.78, 5) is 15.0. The molecule has 1 N–H and O–H groups in total. The van der Waals surface area contributed by atoms with Gasteiger partial charge >= 0.3 is 0 Å². The Morgan fingerprint density at radius 2 is 2.33 bits per heavy atom. The van der Waals surface area contributed by atoms with Gasteiger partial charge in [0.05, 0.1) is 4.92 Å². The first-order valence-electron chi connectivity index (χ1n) is 6.95. The molecule has 1 atom stereocenters. The van der Waals surface area contributed by atoms with Crippen molar-refractivity contribution in [3.63, 3.8) is 0 Å². The van der Waals surface area contributed by atoms with Crippen LogP contribution >= 0.6 is 0 Å². The molecule has 3 rings (SSSR count). The molecule has 0 saturated carbocycles. The van der Waals surface area contributed by atoms with E-state index in [-0.39, 0.29) is 11.6 Å². The number of piperidine rings is 1. The molecule has 7 nitrogen and oxygen atoms in total. The zero-order valence-corrected chi connectivity index (χ0v) is 11.7. The van der Waals surface area contributed by atoms with E-state index < -0.39 is 4.92 Å². The molecule has 1 aromatic carbocycles. The van der Waals surface area contributed by atoms with E-state index in [9.17, 15) is 10.1 Å². The van der Waals surface area contributed by atoms with Crippen molar-refractivity contribution in [3.05, 3.63) is 39.7 Å². The molecule has 1 aliphatic rings. The van der Waals surface area contributed by atoms with E-state index in [4.69, 9.17) is 4.52 Å². The highest BCUT2D eigenvalue weighted by Gasteiger charge is 2.22. The summed E-state index contributed by atoms with van der Waals surface area (Å²) in [5, 5.41) is 18.3. The SMILES string of the molecule is Cc1ccc(-c2nc(C3CCCNC3)no2)cc1[N+](=O)[O-]. The molecule has 0 bridgehead atoms. The van der Waals surface area contributed by atoms with Gasteiger partial charge in [0, 0.05) is 29.7 Å². The predicted octanol–water partition coefficient (Wildman–Crippen LogP) is 2.42. The first kappa shape index (κ1) is 13.7. The van der Waals surface area contributed by atoms with Gasteiger partial charge in [-0.2, -0.15) is 4.98 Å². The van der Waals surface area contributed by atoms with Crippen molar-refractivity contribution in [2.45, 2.75) is 25.7 Å². The number of nitro benzene ring substituents is 1. The van der Waals surface area contributed by atoms with Crippen LogP contribution in [0.4, 0.5) is 5.69 Å². The maximum Gasteiger partial charge on any atom is 0.273 e. The summed E-state index contributed by atoms with van der Waals surface area (Å²) in [5.74, 6) is 1.25. The molecule has 1 aliphatic heterocycles. The van der Waals surface area contributed by atoms with Gasteiger partial charge < -0.3 is 9.84 Å². The quantitative estimate of drug-likeness (QED) is 0.688. The van der Waals surface area contributed by atoms with Gasteiger partial charge in [0.15, 0.2) is 5.82 Å². The average Bonchev–Trinajstić information content (AvgIpc) is 2.98. The summed E-state index contributed by atoms with van der Waals surface area (Å²) in [6, 6.07) is 4.93. The molecule has 1 unspecified atom stereocenters. The zero-order valence-electron chi connectivity index (χ0n) is 11.7. The highest BCUT2D eigenvalue weighted by atomic mass is 16.6. The molecule has 1 fully saturated rings. The van der Waals surface area contributed by atoms with Gasteiger partial charge in [0.25, 0.3) is 11.6 Å². The largest absolute Gasteiger partial charge is 0.334 e. The standard InChI is InChI=1S/C14H16N4O3/c1-9-4-5-10(7-12(9)18(19)20)14-16-13(17-21-14)11-3-2-6-15-8-11/h4-5,7,11,15H,2-3,6,8H2,1H3. The zero-order chi connectivity index (χ0) is 14.8. The number of nitrogens with one attached hydrogen (secondary N) is 1. The van der Waals surface area contributed by atoms with Crippen LogP contribution in [0.15, 0.2) is 22.7 Å². The van der Waals surface area contributed by atoms with Crippen molar-refractivity contribution in [1.82, 2.24) is 15.5 Å². The van der Waals surface area contributed by atoms with Crippen molar-refractivity contribution < 1.29 is 9.45 Å². The maximum atomic E-state index is 11.0. The summed E-state index contributed by atoms with van der Waals surface area (Å²) >= 11 is 0. The second-order valence-corrected chi connectivity index (χ2v) is 5.26. The van der Waals surface area contributed by atoms with E-state index >= 15 is 0 Å². The summed E-state index contributed by atoms with van der Waals surface area (Å²) in [7, 11) is 0. The Labute approximate surface area is 121 Å². The number of benzene rings is 1. The van der Waals surface area contributed by atoms with Crippen LogP contribution in [0.25, 0.3) is 11.5 Å². The Hall–Kier alpha value is -2.28. The van der Waals surface area contributed by atoms with E-state index in [0.29, 0.717) is 22.8 Å². The first-order valence-corrected chi connectivity index (χ1v) is 6.95. The first-order chi connectivity index (χ1) is 10.1. The van der Waals surface area contributed by atoms with Crippen LogP contribution in [0.2, 0.25) is 0 Å². The van der Waals surface area contributed by atoms with Gasteiger partial charge in [0.1, 0.15) is 0 Å². The van der Waals surface area contributed by atoms with E-state index in [1.165, 1.54) is 6.07 Å². The maximum absolute atomic E-state index is 11.0. The van der Waals surface area contributed by atoms with Gasteiger partial charge in [-0.1, -0.05) is 11.2 Å². The lowest BCUT2D eigenvalue weighted by atomic mass is 9.99. The average molecular weight is 288 g/mol. The molecule has 0 amide bonds. The predicted molar refractivity (Wildman–Crippen MR) is 76.0 cm³/mol. The molecule has 1 aromatic heterocycles. The fourth-order valence-electron chi connectivity index (χ4n) is 2.53. The van der Waals surface area contributed by atoms with Gasteiger partial charge in [-0.25, -0.2) is 0 Å². The van der Waals surface area contributed by atoms with E-state index in [0.717, 1.165) is 25.9 Å². The van der Waals surface area contributed by atoms with Gasteiger partial charge in [0.2, 0.25) is 0 Å². The van der Waals surface area contributed by atoms with Crippen LogP contribution in [-0.4, -0.2) is 28.2 Å². The third kappa shape index (κ3) is 2.78. The summed E-state index contributed by atoms with van der Waals surface area (Å²) in [6.45, 7) is 3.56. The van der Waals surface area contributed by atoms with Crippen molar-refractivity contribution in [2.75, 3.05) is 13.1 Å². The lowest BCUT2D eigenvalue weighted by Crippen LogP contribution is -2.28. The molecule has 0 spiro atoms. The monoisotopic (exact) mass is 288 g/mol. The third-order valence-electron chi connectivity index (χ3n) is 3.76. The van der Waals surface area contributed by atoms with Crippen LogP contribution in [-0.2, 0) is 0 Å². The summed E-state index contributed by atoms with van der Waals surface area (Å²) in [5.41, 5.74) is 1.25. The molecule has 7 heteroatoms. The van der Waals surface area contributed by atoms with Crippen molar-refractivity contribution in [2.24, 2.45) is 0 Å². The normalized spacial score (nSPS) is 18.6. The number of nitro groups is 1. The fraction of sp³-hybridized carbons (Fsp3) is 0.429. The highest BCUT2D eigenvalue weighted by Crippen LogP contribution is 2.28. The molecule has 0 radical (unpaired) electrons. The van der Waals surface area contributed by atoms with Crippen molar-refractivity contribution in [1.29, 1.82) is 0 Å². The Kier molecular flexibility index (Phi) is 3.66. The topological polar surface area (TPSA) is 94.1 Å². The minimum Gasteiger partial charge on any atom is -0.334 e. The second-order valence-electron chi connectivity index (χ2n) is 5.26. The van der Waals surface area contributed by atoms with Gasteiger partial charge in [-0.15, -0.1) is 0 Å². The molecule has 2 heterocycles. The molecule has 2 aromatic rings. The fourth-order valence-corrected chi connectivity index (χ4v) is 2.53. The van der Waals surface area contributed by atoms with Crippen molar-refractivity contribution in [3.8, 4) is 11.5 Å². The Morgan fingerprint density at radius 3 is 3.05 bits per heavy atom. The Balaban J connectivity index is 1.89. The Morgan fingerprint density at radius 1 is 1.48 bits per heavy atom.